The molecule has 0 unspecified atom stereocenters. The number of nitrogens with two attached hydrogens (primary N) is 1. The number of hydrogen-bond acceptors (Lipinski definition) is 3. The number of hydrogen-bond donors (Lipinski definition) is 1. The van der Waals surface area contributed by atoms with Crippen LogP contribution >= 0.6 is 27.3 Å². The van der Waals surface area contributed by atoms with Crippen LogP contribution in [-0.2, 0) is 0 Å². The standard InChI is InChI=1S/C13H12BrNOS/c1-7-3-9(6-10(15)4-7)12(16)11-5-8(2)13(14)17-11/h3-6H,15H2,1-2H3. The minimum atomic E-state index is 0.0270. The van der Waals surface area contributed by atoms with Crippen LogP contribution in [0.2, 0.25) is 0 Å². The smallest absolute Gasteiger partial charge is 0.203 e. The monoisotopic (exact) mass is 309 g/mol. The molecule has 0 atom stereocenters. The second-order valence-corrected chi connectivity index (χ2v) is 6.40. The molecule has 2 aromatic rings. The zero-order chi connectivity index (χ0) is 12.6. The Bertz CT molecular complexity index is 549. The number of rotatable bonds is 2. The summed E-state index contributed by atoms with van der Waals surface area (Å²) in [5.74, 6) is 0.0270. The Kier molecular flexibility index (Phi) is 3.35. The van der Waals surface area contributed by atoms with Crippen molar-refractivity contribution in [2.45, 2.75) is 13.8 Å². The van der Waals surface area contributed by atoms with E-state index in [0.29, 0.717) is 11.3 Å². The summed E-state index contributed by atoms with van der Waals surface area (Å²) >= 11 is 4.88. The van der Waals surface area contributed by atoms with Crippen molar-refractivity contribution in [3.8, 4) is 0 Å². The summed E-state index contributed by atoms with van der Waals surface area (Å²) in [5, 5.41) is 0. The molecule has 0 aliphatic carbocycles. The van der Waals surface area contributed by atoms with Crippen molar-refractivity contribution in [2.24, 2.45) is 0 Å². The van der Waals surface area contributed by atoms with Crippen LogP contribution in [-0.4, -0.2) is 5.78 Å². The average molecular weight is 310 g/mol. The van der Waals surface area contributed by atoms with Crippen molar-refractivity contribution in [1.82, 2.24) is 0 Å². The Morgan fingerprint density at radius 2 is 1.94 bits per heavy atom. The first-order chi connectivity index (χ1) is 7.97. The van der Waals surface area contributed by atoms with Crippen molar-refractivity contribution < 1.29 is 4.79 Å². The highest BCUT2D eigenvalue weighted by Crippen LogP contribution is 2.29. The van der Waals surface area contributed by atoms with Gasteiger partial charge in [-0.15, -0.1) is 11.3 Å². The largest absolute Gasteiger partial charge is 0.399 e. The summed E-state index contributed by atoms with van der Waals surface area (Å²) in [6.45, 7) is 3.91. The number of carbonyl (C=O) groups is 1. The van der Waals surface area contributed by atoms with Crippen molar-refractivity contribution in [3.63, 3.8) is 0 Å². The number of halogens is 1. The Balaban J connectivity index is 2.43. The second kappa shape index (κ2) is 4.63. The molecule has 0 fully saturated rings. The normalized spacial score (nSPS) is 10.5. The number of thiophene rings is 1. The summed E-state index contributed by atoms with van der Waals surface area (Å²) < 4.78 is 1.00. The van der Waals surface area contributed by atoms with Crippen LogP contribution in [0.4, 0.5) is 5.69 Å². The van der Waals surface area contributed by atoms with Gasteiger partial charge in [0.1, 0.15) is 0 Å². The molecule has 1 heterocycles. The fraction of sp³-hybridized carbons (Fsp3) is 0.154. The summed E-state index contributed by atoms with van der Waals surface area (Å²) in [5.41, 5.74) is 9.11. The van der Waals surface area contributed by atoms with E-state index in [2.05, 4.69) is 15.9 Å². The van der Waals surface area contributed by atoms with Crippen molar-refractivity contribution in [3.05, 3.63) is 49.6 Å². The zero-order valence-corrected chi connectivity index (χ0v) is 12.0. The quantitative estimate of drug-likeness (QED) is 0.674. The molecule has 0 amide bonds. The van der Waals surface area contributed by atoms with Crippen molar-refractivity contribution in [2.75, 3.05) is 5.73 Å². The van der Waals surface area contributed by atoms with Crippen molar-refractivity contribution in [1.29, 1.82) is 0 Å². The second-order valence-electron chi connectivity index (χ2n) is 4.03. The topological polar surface area (TPSA) is 43.1 Å². The van der Waals surface area contributed by atoms with Gasteiger partial charge in [0, 0.05) is 11.3 Å². The van der Waals surface area contributed by atoms with E-state index < -0.39 is 0 Å². The Hall–Kier alpha value is -1.13. The van der Waals surface area contributed by atoms with Crippen LogP contribution in [0, 0.1) is 13.8 Å². The first-order valence-electron chi connectivity index (χ1n) is 5.15. The average Bonchev–Trinajstić information content (AvgIpc) is 2.57. The third kappa shape index (κ3) is 2.58. The van der Waals surface area contributed by atoms with Gasteiger partial charge in [0.2, 0.25) is 5.78 Å². The third-order valence-electron chi connectivity index (χ3n) is 2.44. The number of benzene rings is 1. The molecule has 1 aromatic carbocycles. The Labute approximate surface area is 113 Å². The van der Waals surface area contributed by atoms with Crippen LogP contribution in [0.3, 0.4) is 0 Å². The van der Waals surface area contributed by atoms with E-state index in [1.807, 2.05) is 32.0 Å². The van der Waals surface area contributed by atoms with Gasteiger partial charge in [0.25, 0.3) is 0 Å². The van der Waals surface area contributed by atoms with E-state index >= 15 is 0 Å². The highest BCUT2D eigenvalue weighted by Gasteiger charge is 2.14. The van der Waals surface area contributed by atoms with Gasteiger partial charge in [-0.25, -0.2) is 0 Å². The molecular formula is C13H12BrNOS. The lowest BCUT2D eigenvalue weighted by molar-refractivity contribution is 0.104. The lowest BCUT2D eigenvalue weighted by Gasteiger charge is -2.02. The maximum absolute atomic E-state index is 12.3. The Morgan fingerprint density at radius 1 is 1.24 bits per heavy atom. The number of anilines is 1. The van der Waals surface area contributed by atoms with Crippen molar-refractivity contribution >= 4 is 38.7 Å². The SMILES string of the molecule is Cc1cc(N)cc(C(=O)c2cc(C)c(Br)s2)c1. The molecule has 0 saturated heterocycles. The molecule has 2 rings (SSSR count). The third-order valence-corrected chi connectivity index (χ3v) is 4.58. The molecule has 0 radical (unpaired) electrons. The molecule has 0 aliphatic rings. The van der Waals surface area contributed by atoms with Gasteiger partial charge in [-0.1, -0.05) is 0 Å². The van der Waals surface area contributed by atoms with Crippen LogP contribution in [0.25, 0.3) is 0 Å². The summed E-state index contributed by atoms with van der Waals surface area (Å²) in [6.07, 6.45) is 0. The molecule has 0 saturated carbocycles. The van der Waals surface area contributed by atoms with Gasteiger partial charge in [-0.2, -0.15) is 0 Å². The highest BCUT2D eigenvalue weighted by atomic mass is 79.9. The molecule has 2 N–H and O–H groups in total. The fourth-order valence-corrected chi connectivity index (χ4v) is 3.15. The van der Waals surface area contributed by atoms with Gasteiger partial charge in [-0.05, 0) is 65.2 Å². The number of ketones is 1. The number of aryl methyl sites for hydroxylation is 2. The van der Waals surface area contributed by atoms with E-state index in [9.17, 15) is 4.79 Å². The predicted octanol–water partition coefficient (Wildman–Crippen LogP) is 3.94. The van der Waals surface area contributed by atoms with Crippen LogP contribution in [0.1, 0.15) is 26.4 Å². The van der Waals surface area contributed by atoms with Gasteiger partial charge in [0.05, 0.1) is 8.66 Å². The minimum Gasteiger partial charge on any atom is -0.399 e. The maximum Gasteiger partial charge on any atom is 0.203 e. The van der Waals surface area contributed by atoms with Gasteiger partial charge in [0.15, 0.2) is 0 Å². The molecule has 17 heavy (non-hydrogen) atoms. The molecule has 88 valence electrons. The highest BCUT2D eigenvalue weighted by molar-refractivity contribution is 9.11. The van der Waals surface area contributed by atoms with Crippen LogP contribution in [0.5, 0.6) is 0 Å². The van der Waals surface area contributed by atoms with Gasteiger partial charge < -0.3 is 5.73 Å². The molecule has 0 bridgehead atoms. The number of nitrogen functional groups attached to an aromatic ring is 1. The van der Waals surface area contributed by atoms with Gasteiger partial charge >= 0.3 is 0 Å². The molecule has 2 nitrogen and oxygen atoms in total. The summed E-state index contributed by atoms with van der Waals surface area (Å²) in [7, 11) is 0. The minimum absolute atomic E-state index is 0.0270. The molecular weight excluding hydrogens is 298 g/mol. The first-order valence-corrected chi connectivity index (χ1v) is 6.76. The van der Waals surface area contributed by atoms with E-state index in [-0.39, 0.29) is 5.78 Å². The van der Waals surface area contributed by atoms with Gasteiger partial charge in [-0.3, -0.25) is 4.79 Å². The molecule has 0 spiro atoms. The summed E-state index contributed by atoms with van der Waals surface area (Å²) in [4.78, 5) is 13.0. The molecule has 1 aromatic heterocycles. The maximum atomic E-state index is 12.3. The number of carbonyl (C=O) groups excluding carboxylic acids is 1. The Morgan fingerprint density at radius 3 is 2.47 bits per heavy atom. The predicted molar refractivity (Wildman–Crippen MR) is 75.8 cm³/mol. The molecule has 4 heteroatoms. The van der Waals surface area contributed by atoms with E-state index in [0.717, 1.165) is 19.8 Å². The van der Waals surface area contributed by atoms with E-state index in [1.165, 1.54) is 11.3 Å². The lowest BCUT2D eigenvalue weighted by Crippen LogP contribution is -2.00. The van der Waals surface area contributed by atoms with E-state index in [4.69, 9.17) is 5.73 Å². The zero-order valence-electron chi connectivity index (χ0n) is 9.58. The lowest BCUT2D eigenvalue weighted by atomic mass is 10.1. The molecule has 0 aliphatic heterocycles. The first kappa shape index (κ1) is 12.3. The fourth-order valence-electron chi connectivity index (χ4n) is 1.66. The van der Waals surface area contributed by atoms with Crippen LogP contribution < -0.4 is 5.73 Å². The van der Waals surface area contributed by atoms with E-state index in [1.54, 1.807) is 6.07 Å². The summed E-state index contributed by atoms with van der Waals surface area (Å²) in [6, 6.07) is 7.34. The van der Waals surface area contributed by atoms with Crippen LogP contribution in [0.15, 0.2) is 28.1 Å².